The van der Waals surface area contributed by atoms with Crippen molar-refractivity contribution in [2.24, 2.45) is 0 Å². The summed E-state index contributed by atoms with van der Waals surface area (Å²) < 4.78 is 4.50. The van der Waals surface area contributed by atoms with Crippen LogP contribution in [0.15, 0.2) is 11.7 Å². The molecule has 0 aromatic carbocycles. The third-order valence-electron chi connectivity index (χ3n) is 1.37. The molecule has 1 atom stereocenters. The lowest BCUT2D eigenvalue weighted by Crippen LogP contribution is -2.19. The zero-order valence-corrected chi connectivity index (χ0v) is 5.65. The molecule has 62 valence electrons. The van der Waals surface area contributed by atoms with Gasteiger partial charge in [0.1, 0.15) is 0 Å². The molecule has 1 heterocycles. The number of Topliss-reactive ketones (excluding diaryl/α,β-unsaturated/α-hetero) is 1. The Morgan fingerprint density at radius 1 is 1.45 bits per heavy atom. The SMILES string of the molecule is O=C1C(O)=C(O)O[C@@H]1CCO. The quantitative estimate of drug-likeness (QED) is 0.512. The molecule has 1 rings (SSSR count). The van der Waals surface area contributed by atoms with E-state index in [1.54, 1.807) is 0 Å². The van der Waals surface area contributed by atoms with Gasteiger partial charge in [-0.15, -0.1) is 0 Å². The van der Waals surface area contributed by atoms with Gasteiger partial charge in [0.25, 0.3) is 0 Å². The Labute approximate surface area is 62.5 Å². The van der Waals surface area contributed by atoms with E-state index in [2.05, 4.69) is 4.74 Å². The van der Waals surface area contributed by atoms with Crippen LogP contribution in [-0.2, 0) is 9.53 Å². The third-order valence-corrected chi connectivity index (χ3v) is 1.37. The highest BCUT2D eigenvalue weighted by Gasteiger charge is 2.34. The van der Waals surface area contributed by atoms with E-state index in [1.165, 1.54) is 0 Å². The molecule has 0 fully saturated rings. The molecule has 1 aliphatic heterocycles. The minimum absolute atomic E-state index is 0.0763. The van der Waals surface area contributed by atoms with Crippen LogP contribution >= 0.6 is 0 Å². The molecule has 0 spiro atoms. The number of aliphatic hydroxyl groups excluding tert-OH is 3. The molecule has 0 aromatic rings. The van der Waals surface area contributed by atoms with Crippen LogP contribution in [0.5, 0.6) is 0 Å². The zero-order chi connectivity index (χ0) is 8.43. The molecule has 11 heavy (non-hydrogen) atoms. The van der Waals surface area contributed by atoms with Crippen molar-refractivity contribution in [3.8, 4) is 0 Å². The number of ketones is 1. The van der Waals surface area contributed by atoms with Crippen molar-refractivity contribution in [2.45, 2.75) is 12.5 Å². The van der Waals surface area contributed by atoms with Crippen LogP contribution < -0.4 is 0 Å². The van der Waals surface area contributed by atoms with E-state index < -0.39 is 23.6 Å². The molecule has 0 aromatic heterocycles. The molecule has 1 aliphatic rings. The van der Waals surface area contributed by atoms with Crippen LogP contribution in [0.2, 0.25) is 0 Å². The van der Waals surface area contributed by atoms with Crippen molar-refractivity contribution in [1.82, 2.24) is 0 Å². The summed E-state index contributed by atoms with van der Waals surface area (Å²) in [5.74, 6) is -2.20. The van der Waals surface area contributed by atoms with Gasteiger partial charge in [-0.1, -0.05) is 0 Å². The van der Waals surface area contributed by atoms with Gasteiger partial charge in [0.15, 0.2) is 6.10 Å². The van der Waals surface area contributed by atoms with Crippen molar-refractivity contribution in [2.75, 3.05) is 6.61 Å². The average Bonchev–Trinajstić information content (AvgIpc) is 2.19. The number of hydrogen-bond donors (Lipinski definition) is 3. The van der Waals surface area contributed by atoms with Crippen molar-refractivity contribution in [3.05, 3.63) is 11.7 Å². The number of rotatable bonds is 2. The monoisotopic (exact) mass is 160 g/mol. The Morgan fingerprint density at radius 2 is 2.09 bits per heavy atom. The number of hydrogen-bond acceptors (Lipinski definition) is 5. The largest absolute Gasteiger partial charge is 0.499 e. The first-order chi connectivity index (χ1) is 5.16. The maximum atomic E-state index is 10.8. The van der Waals surface area contributed by atoms with E-state index in [1.807, 2.05) is 0 Å². The number of ether oxygens (including phenoxy) is 1. The second-order valence-electron chi connectivity index (χ2n) is 2.14. The van der Waals surface area contributed by atoms with Crippen LogP contribution in [0, 0.1) is 0 Å². The fourth-order valence-electron chi connectivity index (χ4n) is 0.809. The highest BCUT2D eigenvalue weighted by atomic mass is 16.6. The third kappa shape index (κ3) is 1.27. The summed E-state index contributed by atoms with van der Waals surface area (Å²) in [6, 6.07) is 0. The van der Waals surface area contributed by atoms with Gasteiger partial charge in [-0.25, -0.2) is 0 Å². The summed E-state index contributed by atoms with van der Waals surface area (Å²) >= 11 is 0. The van der Waals surface area contributed by atoms with E-state index in [0.717, 1.165) is 0 Å². The van der Waals surface area contributed by atoms with Crippen molar-refractivity contribution in [3.63, 3.8) is 0 Å². The summed E-state index contributed by atoms with van der Waals surface area (Å²) in [7, 11) is 0. The predicted octanol–water partition coefficient (Wildman–Crippen LogP) is -0.378. The van der Waals surface area contributed by atoms with E-state index in [-0.39, 0.29) is 13.0 Å². The van der Waals surface area contributed by atoms with E-state index in [9.17, 15) is 4.79 Å². The van der Waals surface area contributed by atoms with Gasteiger partial charge in [-0.3, -0.25) is 4.79 Å². The van der Waals surface area contributed by atoms with E-state index in [4.69, 9.17) is 15.3 Å². The summed E-state index contributed by atoms with van der Waals surface area (Å²) in [5.41, 5.74) is 0. The fraction of sp³-hybridized carbons (Fsp3) is 0.500. The molecule has 0 aliphatic carbocycles. The molecular formula is C6H8O5. The van der Waals surface area contributed by atoms with Gasteiger partial charge in [0.2, 0.25) is 11.5 Å². The summed E-state index contributed by atoms with van der Waals surface area (Å²) in [4.78, 5) is 10.8. The molecule has 0 radical (unpaired) electrons. The summed E-state index contributed by atoms with van der Waals surface area (Å²) in [6.07, 6.45) is -0.854. The molecule has 0 saturated carbocycles. The second-order valence-corrected chi connectivity index (χ2v) is 2.14. The van der Waals surface area contributed by atoms with Crippen LogP contribution in [0.25, 0.3) is 0 Å². The fourth-order valence-corrected chi connectivity index (χ4v) is 0.809. The minimum atomic E-state index is -0.931. The lowest BCUT2D eigenvalue weighted by Gasteiger charge is -2.04. The lowest BCUT2D eigenvalue weighted by atomic mass is 10.2. The van der Waals surface area contributed by atoms with Gasteiger partial charge in [0.05, 0.1) is 0 Å². The predicted molar refractivity (Wildman–Crippen MR) is 33.9 cm³/mol. The Kier molecular flexibility index (Phi) is 2.00. The van der Waals surface area contributed by atoms with Gasteiger partial charge >= 0.3 is 5.95 Å². The van der Waals surface area contributed by atoms with Crippen LogP contribution in [0.3, 0.4) is 0 Å². The molecular weight excluding hydrogens is 152 g/mol. The highest BCUT2D eigenvalue weighted by Crippen LogP contribution is 2.19. The first kappa shape index (κ1) is 7.87. The van der Waals surface area contributed by atoms with Gasteiger partial charge in [-0.05, 0) is 0 Å². The Morgan fingerprint density at radius 3 is 2.45 bits per heavy atom. The Balaban J connectivity index is 2.63. The van der Waals surface area contributed by atoms with Gasteiger partial charge in [0, 0.05) is 13.0 Å². The maximum Gasteiger partial charge on any atom is 0.325 e. The van der Waals surface area contributed by atoms with Crippen LogP contribution in [0.4, 0.5) is 0 Å². The van der Waals surface area contributed by atoms with Gasteiger partial charge < -0.3 is 20.1 Å². The first-order valence-electron chi connectivity index (χ1n) is 3.10. The van der Waals surface area contributed by atoms with Crippen molar-refractivity contribution < 1.29 is 24.9 Å². The molecule has 5 heteroatoms. The van der Waals surface area contributed by atoms with Crippen molar-refractivity contribution >= 4 is 5.78 Å². The minimum Gasteiger partial charge on any atom is -0.499 e. The molecule has 5 nitrogen and oxygen atoms in total. The standard InChI is InChI=1S/C6H8O5/c7-2-1-3-4(8)5(9)6(10)11-3/h3,7,9-10H,1-2H2/t3-/m1/s1. The number of carbonyl (C=O) groups excluding carboxylic acids is 1. The van der Waals surface area contributed by atoms with Crippen LogP contribution in [0.1, 0.15) is 6.42 Å². The van der Waals surface area contributed by atoms with E-state index in [0.29, 0.717) is 0 Å². The Hall–Kier alpha value is -1.23. The highest BCUT2D eigenvalue weighted by molar-refractivity contribution is 5.98. The van der Waals surface area contributed by atoms with E-state index >= 15 is 0 Å². The van der Waals surface area contributed by atoms with Gasteiger partial charge in [-0.2, -0.15) is 0 Å². The lowest BCUT2D eigenvalue weighted by molar-refractivity contribution is -0.124. The Bertz CT molecular complexity index is 207. The average molecular weight is 160 g/mol. The smallest absolute Gasteiger partial charge is 0.325 e. The second kappa shape index (κ2) is 2.79. The molecule has 3 N–H and O–H groups in total. The first-order valence-corrected chi connectivity index (χ1v) is 3.10. The van der Waals surface area contributed by atoms with Crippen LogP contribution in [-0.4, -0.2) is 33.8 Å². The normalized spacial score (nSPS) is 24.1. The van der Waals surface area contributed by atoms with Crippen molar-refractivity contribution in [1.29, 1.82) is 0 Å². The topological polar surface area (TPSA) is 87.0 Å². The summed E-state index contributed by atoms with van der Waals surface area (Å²) in [6.45, 7) is -0.225. The number of carbonyl (C=O) groups is 1. The summed E-state index contributed by atoms with van der Waals surface area (Å²) in [5, 5.41) is 25.8. The molecule has 0 amide bonds. The molecule has 0 bridgehead atoms. The molecule has 0 unspecified atom stereocenters. The maximum absolute atomic E-state index is 10.8. The molecule has 0 saturated heterocycles. The zero-order valence-electron chi connectivity index (χ0n) is 5.65. The number of aliphatic hydroxyl groups is 3.